The number of esters is 1. The molecule has 0 amide bonds. The molecule has 0 fully saturated rings. The maximum Gasteiger partial charge on any atom is 0.343 e. The van der Waals surface area contributed by atoms with E-state index in [1.165, 1.54) is 0 Å². The zero-order chi connectivity index (χ0) is 14.8. The van der Waals surface area contributed by atoms with Gasteiger partial charge in [0.2, 0.25) is 0 Å². The summed E-state index contributed by atoms with van der Waals surface area (Å²) in [7, 11) is 0. The van der Waals surface area contributed by atoms with Gasteiger partial charge in [0.15, 0.2) is 0 Å². The minimum absolute atomic E-state index is 0.396. The van der Waals surface area contributed by atoms with E-state index in [1.807, 2.05) is 32.0 Å². The van der Waals surface area contributed by atoms with Crippen molar-refractivity contribution < 1.29 is 9.53 Å². The van der Waals surface area contributed by atoms with E-state index in [0.29, 0.717) is 16.8 Å². The molecule has 0 aliphatic rings. The molecule has 5 heteroatoms. The smallest absolute Gasteiger partial charge is 0.343 e. The van der Waals surface area contributed by atoms with Crippen molar-refractivity contribution in [3.63, 3.8) is 0 Å². The molecule has 1 aromatic heterocycles. The number of carbonyl (C=O) groups excluding carboxylic acids is 1. The first kappa shape index (κ1) is 13.3. The van der Waals surface area contributed by atoms with Crippen LogP contribution in [-0.4, -0.2) is 21.0 Å². The van der Waals surface area contributed by atoms with Crippen molar-refractivity contribution in [3.05, 3.63) is 53.6 Å². The van der Waals surface area contributed by atoms with Crippen LogP contribution in [0, 0.1) is 6.92 Å². The second kappa shape index (κ2) is 5.36. The van der Waals surface area contributed by atoms with E-state index in [4.69, 9.17) is 4.74 Å². The molecule has 106 valence electrons. The van der Waals surface area contributed by atoms with Gasteiger partial charge in [-0.15, -0.1) is 5.10 Å². The molecule has 0 N–H and O–H groups in total. The molecule has 0 saturated carbocycles. The lowest BCUT2D eigenvalue weighted by atomic mass is 10.2. The van der Waals surface area contributed by atoms with Gasteiger partial charge < -0.3 is 4.74 Å². The first-order valence-corrected chi connectivity index (χ1v) is 6.79. The molecule has 21 heavy (non-hydrogen) atoms. The lowest BCUT2D eigenvalue weighted by Gasteiger charge is -2.04. The predicted octanol–water partition coefficient (Wildman–Crippen LogP) is 2.98. The average Bonchev–Trinajstić information content (AvgIpc) is 2.91. The Morgan fingerprint density at radius 1 is 1.19 bits per heavy atom. The van der Waals surface area contributed by atoms with Crippen molar-refractivity contribution in [2.24, 2.45) is 0 Å². The summed E-state index contributed by atoms with van der Waals surface area (Å²) in [6, 6.07) is 12.6. The molecule has 2 aromatic carbocycles. The number of hydrogen-bond acceptors (Lipinski definition) is 4. The molecule has 0 spiro atoms. The molecule has 0 bridgehead atoms. The van der Waals surface area contributed by atoms with Crippen LogP contribution in [0.5, 0.6) is 5.75 Å². The summed E-state index contributed by atoms with van der Waals surface area (Å²) in [5.74, 6) is 0.134. The van der Waals surface area contributed by atoms with Gasteiger partial charge in [0.25, 0.3) is 0 Å². The number of aryl methyl sites for hydroxylation is 2. The second-order valence-electron chi connectivity index (χ2n) is 4.81. The monoisotopic (exact) mass is 281 g/mol. The summed E-state index contributed by atoms with van der Waals surface area (Å²) >= 11 is 0. The second-order valence-corrected chi connectivity index (χ2v) is 4.81. The topological polar surface area (TPSA) is 57.0 Å². The van der Waals surface area contributed by atoms with Crippen LogP contribution in [-0.2, 0) is 6.54 Å². The van der Waals surface area contributed by atoms with Crippen LogP contribution in [0.4, 0.5) is 0 Å². The largest absolute Gasteiger partial charge is 0.423 e. The van der Waals surface area contributed by atoms with Crippen LogP contribution in [0.25, 0.3) is 11.0 Å². The Kier molecular flexibility index (Phi) is 3.39. The molecular weight excluding hydrogens is 266 g/mol. The fourth-order valence-corrected chi connectivity index (χ4v) is 2.10. The Bertz CT molecular complexity index is 791. The summed E-state index contributed by atoms with van der Waals surface area (Å²) < 4.78 is 7.13. The predicted molar refractivity (Wildman–Crippen MR) is 79.3 cm³/mol. The Hall–Kier alpha value is -2.69. The standard InChI is InChI=1S/C16H15N3O2/c1-3-19-15-9-6-12(10-14(15)17-18-19)16(20)21-13-7-4-11(2)5-8-13/h4-10H,3H2,1-2H3. The van der Waals surface area contributed by atoms with E-state index in [2.05, 4.69) is 10.3 Å². The lowest BCUT2D eigenvalue weighted by Crippen LogP contribution is -2.08. The van der Waals surface area contributed by atoms with Crippen LogP contribution in [0.15, 0.2) is 42.5 Å². The molecule has 0 atom stereocenters. The molecule has 0 aliphatic heterocycles. The Morgan fingerprint density at radius 3 is 2.67 bits per heavy atom. The van der Waals surface area contributed by atoms with Gasteiger partial charge in [-0.1, -0.05) is 22.9 Å². The average molecular weight is 281 g/mol. The maximum absolute atomic E-state index is 12.1. The van der Waals surface area contributed by atoms with Gasteiger partial charge in [0.1, 0.15) is 11.3 Å². The van der Waals surface area contributed by atoms with E-state index in [-0.39, 0.29) is 0 Å². The third-order valence-corrected chi connectivity index (χ3v) is 3.28. The minimum Gasteiger partial charge on any atom is -0.423 e. The number of carbonyl (C=O) groups is 1. The first-order chi connectivity index (χ1) is 10.2. The summed E-state index contributed by atoms with van der Waals surface area (Å²) in [5, 5.41) is 8.08. The molecule has 3 rings (SSSR count). The van der Waals surface area contributed by atoms with Crippen LogP contribution in [0.2, 0.25) is 0 Å². The van der Waals surface area contributed by atoms with Gasteiger partial charge in [0, 0.05) is 6.54 Å². The fourth-order valence-electron chi connectivity index (χ4n) is 2.10. The highest BCUT2D eigenvalue weighted by atomic mass is 16.5. The van der Waals surface area contributed by atoms with Crippen molar-refractivity contribution >= 4 is 17.0 Å². The fraction of sp³-hybridized carbons (Fsp3) is 0.188. The number of rotatable bonds is 3. The number of ether oxygens (including phenoxy) is 1. The number of nitrogens with zero attached hydrogens (tertiary/aromatic N) is 3. The Balaban J connectivity index is 1.85. The van der Waals surface area contributed by atoms with Crippen LogP contribution < -0.4 is 4.74 Å². The molecule has 0 radical (unpaired) electrons. The summed E-state index contributed by atoms with van der Waals surface area (Å²) in [6.45, 7) is 4.72. The van der Waals surface area contributed by atoms with Gasteiger partial charge in [-0.05, 0) is 44.2 Å². The first-order valence-electron chi connectivity index (χ1n) is 6.79. The van der Waals surface area contributed by atoms with E-state index < -0.39 is 5.97 Å². The summed E-state index contributed by atoms with van der Waals surface area (Å²) in [5.41, 5.74) is 3.18. The highest BCUT2D eigenvalue weighted by molar-refractivity contribution is 5.94. The highest BCUT2D eigenvalue weighted by Gasteiger charge is 2.11. The van der Waals surface area contributed by atoms with Crippen molar-refractivity contribution in [2.45, 2.75) is 20.4 Å². The van der Waals surface area contributed by atoms with E-state index in [9.17, 15) is 4.79 Å². The molecule has 0 unspecified atom stereocenters. The third kappa shape index (κ3) is 2.63. The highest BCUT2D eigenvalue weighted by Crippen LogP contribution is 2.17. The Labute approximate surface area is 122 Å². The van der Waals surface area contributed by atoms with Crippen molar-refractivity contribution in [1.82, 2.24) is 15.0 Å². The van der Waals surface area contributed by atoms with Gasteiger partial charge in [-0.25, -0.2) is 9.48 Å². The van der Waals surface area contributed by atoms with Crippen LogP contribution >= 0.6 is 0 Å². The number of aromatic nitrogens is 3. The van der Waals surface area contributed by atoms with Gasteiger partial charge in [-0.3, -0.25) is 0 Å². The molecular formula is C16H15N3O2. The molecule has 5 nitrogen and oxygen atoms in total. The molecule has 1 heterocycles. The molecule has 0 saturated heterocycles. The summed E-state index contributed by atoms with van der Waals surface area (Å²) in [6.07, 6.45) is 0. The van der Waals surface area contributed by atoms with Gasteiger partial charge in [0.05, 0.1) is 11.1 Å². The third-order valence-electron chi connectivity index (χ3n) is 3.28. The molecule has 3 aromatic rings. The number of benzene rings is 2. The maximum atomic E-state index is 12.1. The lowest BCUT2D eigenvalue weighted by molar-refractivity contribution is 0.0735. The minimum atomic E-state index is -0.396. The number of hydrogen-bond donors (Lipinski definition) is 0. The number of fused-ring (bicyclic) bond motifs is 1. The normalized spacial score (nSPS) is 10.8. The van der Waals surface area contributed by atoms with Gasteiger partial charge >= 0.3 is 5.97 Å². The summed E-state index contributed by atoms with van der Waals surface area (Å²) in [4.78, 5) is 12.1. The van der Waals surface area contributed by atoms with E-state index >= 15 is 0 Å². The van der Waals surface area contributed by atoms with Crippen LogP contribution in [0.1, 0.15) is 22.8 Å². The van der Waals surface area contributed by atoms with Crippen LogP contribution in [0.3, 0.4) is 0 Å². The van der Waals surface area contributed by atoms with Crippen molar-refractivity contribution in [2.75, 3.05) is 0 Å². The van der Waals surface area contributed by atoms with E-state index in [0.717, 1.165) is 17.6 Å². The Morgan fingerprint density at radius 2 is 1.95 bits per heavy atom. The van der Waals surface area contributed by atoms with Gasteiger partial charge in [-0.2, -0.15) is 0 Å². The van der Waals surface area contributed by atoms with E-state index in [1.54, 1.807) is 28.9 Å². The SMILES string of the molecule is CCn1nnc2cc(C(=O)Oc3ccc(C)cc3)ccc21. The van der Waals surface area contributed by atoms with Crippen molar-refractivity contribution in [3.8, 4) is 5.75 Å². The molecule has 0 aliphatic carbocycles. The zero-order valence-corrected chi connectivity index (χ0v) is 11.9. The van der Waals surface area contributed by atoms with Crippen molar-refractivity contribution in [1.29, 1.82) is 0 Å². The zero-order valence-electron chi connectivity index (χ0n) is 11.9. The quantitative estimate of drug-likeness (QED) is 0.547.